The number of hydrogen-bond acceptors (Lipinski definition) is 2. The molecule has 1 aromatic rings. The molecule has 3 rings (SSSR count). The Kier molecular flexibility index (Phi) is 3.99. The average molecular weight is 301 g/mol. The van der Waals surface area contributed by atoms with Gasteiger partial charge in [-0.2, -0.15) is 13.2 Å². The van der Waals surface area contributed by atoms with E-state index in [2.05, 4.69) is 5.32 Å². The summed E-state index contributed by atoms with van der Waals surface area (Å²) in [6.45, 7) is 3.18. The maximum Gasteiger partial charge on any atom is 0.391 e. The highest BCUT2D eigenvalue weighted by Gasteiger charge is 2.35. The third-order valence-corrected chi connectivity index (χ3v) is 4.64. The van der Waals surface area contributed by atoms with E-state index in [9.17, 15) is 13.2 Å². The Morgan fingerprint density at radius 1 is 1.33 bits per heavy atom. The largest absolute Gasteiger partial charge is 0.391 e. The molecule has 0 bridgehead atoms. The van der Waals surface area contributed by atoms with Crippen LogP contribution in [-0.2, 0) is 13.0 Å². The summed E-state index contributed by atoms with van der Waals surface area (Å²) in [6.07, 6.45) is 0.308. The van der Waals surface area contributed by atoms with Gasteiger partial charge in [-0.25, -0.2) is 4.98 Å². The second-order valence-electron chi connectivity index (χ2n) is 6.31. The van der Waals surface area contributed by atoms with Crippen LogP contribution < -0.4 is 5.32 Å². The van der Waals surface area contributed by atoms with Crippen LogP contribution in [0, 0.1) is 0 Å². The first-order valence-electron chi connectivity index (χ1n) is 7.83. The smallest absolute Gasteiger partial charge is 0.328 e. The maximum absolute atomic E-state index is 12.8. The van der Waals surface area contributed by atoms with Gasteiger partial charge in [0.2, 0.25) is 0 Å². The summed E-state index contributed by atoms with van der Waals surface area (Å²) in [5.74, 6) is 1.24. The fourth-order valence-corrected chi connectivity index (χ4v) is 3.74. The molecule has 0 radical (unpaired) electrons. The summed E-state index contributed by atoms with van der Waals surface area (Å²) in [5.41, 5.74) is 1.98. The van der Waals surface area contributed by atoms with E-state index in [-0.39, 0.29) is 0 Å². The van der Waals surface area contributed by atoms with Crippen LogP contribution in [0.4, 0.5) is 13.2 Å². The third-order valence-electron chi connectivity index (χ3n) is 4.64. The van der Waals surface area contributed by atoms with Crippen molar-refractivity contribution in [1.29, 1.82) is 0 Å². The fourth-order valence-electron chi connectivity index (χ4n) is 3.74. The summed E-state index contributed by atoms with van der Waals surface area (Å²) in [6, 6.07) is -0.560. The average Bonchev–Trinajstić information content (AvgIpc) is 3.03. The molecule has 1 fully saturated rings. The van der Waals surface area contributed by atoms with E-state index >= 15 is 0 Å². The van der Waals surface area contributed by atoms with Gasteiger partial charge in [0.25, 0.3) is 0 Å². The summed E-state index contributed by atoms with van der Waals surface area (Å²) in [7, 11) is 0. The van der Waals surface area contributed by atoms with Crippen molar-refractivity contribution in [3.05, 3.63) is 17.2 Å². The van der Waals surface area contributed by atoms with E-state index in [1.54, 1.807) is 6.92 Å². The van der Waals surface area contributed by atoms with Crippen molar-refractivity contribution in [2.75, 3.05) is 6.54 Å². The number of nitrogens with one attached hydrogen (secondary N) is 1. The Hall–Kier alpha value is -1.04. The number of halogens is 3. The maximum atomic E-state index is 12.8. The molecule has 1 aromatic heterocycles. The van der Waals surface area contributed by atoms with E-state index in [0.717, 1.165) is 55.9 Å². The Morgan fingerprint density at radius 2 is 2.05 bits per heavy atom. The van der Waals surface area contributed by atoms with Crippen LogP contribution in [0.1, 0.15) is 68.2 Å². The lowest BCUT2D eigenvalue weighted by atomic mass is 10.1. The van der Waals surface area contributed by atoms with Gasteiger partial charge < -0.3 is 9.88 Å². The van der Waals surface area contributed by atoms with Crippen LogP contribution in [0.25, 0.3) is 0 Å². The van der Waals surface area contributed by atoms with Crippen molar-refractivity contribution in [2.24, 2.45) is 0 Å². The lowest BCUT2D eigenvalue weighted by molar-refractivity contribution is -0.141. The third kappa shape index (κ3) is 3.10. The first kappa shape index (κ1) is 14.9. The second kappa shape index (κ2) is 5.63. The molecule has 2 aliphatic rings. The van der Waals surface area contributed by atoms with Gasteiger partial charge in [0, 0.05) is 37.2 Å². The first-order chi connectivity index (χ1) is 9.96. The van der Waals surface area contributed by atoms with E-state index < -0.39 is 18.6 Å². The molecule has 1 aliphatic carbocycles. The highest BCUT2D eigenvalue weighted by atomic mass is 19.4. The topological polar surface area (TPSA) is 29.9 Å². The minimum Gasteiger partial charge on any atom is -0.328 e. The lowest BCUT2D eigenvalue weighted by Gasteiger charge is -2.24. The number of alkyl halides is 3. The van der Waals surface area contributed by atoms with Crippen molar-refractivity contribution >= 4 is 0 Å². The molecule has 0 saturated heterocycles. The zero-order valence-electron chi connectivity index (χ0n) is 12.3. The van der Waals surface area contributed by atoms with Gasteiger partial charge in [0.1, 0.15) is 5.82 Å². The number of rotatable bonds is 3. The predicted molar refractivity (Wildman–Crippen MR) is 74.2 cm³/mol. The monoisotopic (exact) mass is 301 g/mol. The summed E-state index contributed by atoms with van der Waals surface area (Å²) in [4.78, 5) is 4.72. The number of nitrogens with zero attached hydrogens (tertiary/aromatic N) is 2. The van der Waals surface area contributed by atoms with E-state index in [4.69, 9.17) is 4.98 Å². The predicted octanol–water partition coefficient (Wildman–Crippen LogP) is 3.70. The molecular weight excluding hydrogens is 279 g/mol. The first-order valence-corrected chi connectivity index (χ1v) is 7.83. The van der Waals surface area contributed by atoms with Crippen molar-refractivity contribution < 1.29 is 13.2 Å². The number of aromatic nitrogens is 2. The van der Waals surface area contributed by atoms with Gasteiger partial charge in [-0.3, -0.25) is 0 Å². The molecule has 1 aliphatic heterocycles. The van der Waals surface area contributed by atoms with E-state index in [1.165, 1.54) is 0 Å². The normalized spacial score (nSPS) is 21.5. The zero-order valence-corrected chi connectivity index (χ0v) is 12.3. The SMILES string of the molecule is CC(CC(F)(F)F)n1c(C2CCCC2)nc2c1CCNC2. The molecule has 1 saturated carbocycles. The van der Waals surface area contributed by atoms with Crippen LogP contribution in [0.15, 0.2) is 0 Å². The molecule has 0 aromatic carbocycles. The molecule has 118 valence electrons. The van der Waals surface area contributed by atoms with Crippen molar-refractivity contribution in [1.82, 2.24) is 14.9 Å². The number of imidazole rings is 1. The van der Waals surface area contributed by atoms with Crippen molar-refractivity contribution in [2.45, 2.75) is 70.1 Å². The van der Waals surface area contributed by atoms with Gasteiger partial charge in [0.05, 0.1) is 12.1 Å². The second-order valence-corrected chi connectivity index (χ2v) is 6.31. The molecule has 21 heavy (non-hydrogen) atoms. The molecule has 0 amide bonds. The summed E-state index contributed by atoms with van der Waals surface area (Å²) in [5, 5.41) is 3.26. The highest BCUT2D eigenvalue weighted by Crippen LogP contribution is 2.38. The van der Waals surface area contributed by atoms with Crippen molar-refractivity contribution in [3.63, 3.8) is 0 Å². The van der Waals surface area contributed by atoms with Gasteiger partial charge in [-0.05, 0) is 19.8 Å². The van der Waals surface area contributed by atoms with Crippen molar-refractivity contribution in [3.8, 4) is 0 Å². The number of fused-ring (bicyclic) bond motifs is 1. The Labute approximate surface area is 122 Å². The molecule has 6 heteroatoms. The van der Waals surface area contributed by atoms with E-state index in [1.807, 2.05) is 4.57 Å². The molecular formula is C15H22F3N3. The number of hydrogen-bond donors (Lipinski definition) is 1. The van der Waals surface area contributed by atoms with Crippen LogP contribution >= 0.6 is 0 Å². The molecule has 3 nitrogen and oxygen atoms in total. The van der Waals surface area contributed by atoms with Gasteiger partial charge in [-0.1, -0.05) is 12.8 Å². The molecule has 0 spiro atoms. The van der Waals surface area contributed by atoms with Gasteiger partial charge in [-0.15, -0.1) is 0 Å². The quantitative estimate of drug-likeness (QED) is 0.922. The van der Waals surface area contributed by atoms with E-state index in [0.29, 0.717) is 12.5 Å². The van der Waals surface area contributed by atoms with Crippen LogP contribution in [-0.4, -0.2) is 22.3 Å². The molecule has 2 heterocycles. The van der Waals surface area contributed by atoms with Gasteiger partial charge in [0.15, 0.2) is 0 Å². The Balaban J connectivity index is 1.97. The standard InChI is InChI=1S/C15H22F3N3/c1-10(8-15(16,17)18)21-13-6-7-19-9-12(13)20-14(21)11-4-2-3-5-11/h10-11,19H,2-9H2,1H3. The Morgan fingerprint density at radius 3 is 2.71 bits per heavy atom. The minimum absolute atomic E-state index is 0.339. The molecule has 1 unspecified atom stereocenters. The van der Waals surface area contributed by atoms with Crippen LogP contribution in [0.3, 0.4) is 0 Å². The molecule has 1 atom stereocenters. The lowest BCUT2D eigenvalue weighted by Crippen LogP contribution is -2.27. The highest BCUT2D eigenvalue weighted by molar-refractivity contribution is 5.23. The summed E-state index contributed by atoms with van der Waals surface area (Å²) < 4.78 is 40.3. The fraction of sp³-hybridized carbons (Fsp3) is 0.800. The van der Waals surface area contributed by atoms with Crippen LogP contribution in [0.5, 0.6) is 0 Å². The zero-order chi connectivity index (χ0) is 15.0. The van der Waals surface area contributed by atoms with Crippen LogP contribution in [0.2, 0.25) is 0 Å². The summed E-state index contributed by atoms with van der Waals surface area (Å²) >= 11 is 0. The minimum atomic E-state index is -4.13. The van der Waals surface area contributed by atoms with Gasteiger partial charge >= 0.3 is 6.18 Å². The Bertz CT molecular complexity index is 501. The molecule has 1 N–H and O–H groups in total.